The minimum absolute atomic E-state index is 0.0961. The molecule has 0 aliphatic carbocycles. The van der Waals surface area contributed by atoms with Gasteiger partial charge in [0.2, 0.25) is 0 Å². The molecule has 0 amide bonds. The Balaban J connectivity index is 2.47. The largest absolute Gasteiger partial charge is 0.393 e. The number of hydrogen-bond donors (Lipinski definition) is 2. The van der Waals surface area contributed by atoms with Crippen molar-refractivity contribution in [1.82, 2.24) is 0 Å². The van der Waals surface area contributed by atoms with Crippen molar-refractivity contribution in [2.45, 2.75) is 32.5 Å². The third kappa shape index (κ3) is 2.19. The molecule has 0 aromatic carbocycles. The van der Waals surface area contributed by atoms with Crippen LogP contribution in [0.5, 0.6) is 0 Å². The number of ether oxygens (including phenoxy) is 1. The zero-order valence-corrected chi connectivity index (χ0v) is 7.73. The average molecular weight is 174 g/mol. The number of aliphatic hydroxyl groups excluding tert-OH is 2. The highest BCUT2D eigenvalue weighted by molar-refractivity contribution is 4.79. The molecule has 3 heteroatoms. The lowest BCUT2D eigenvalue weighted by Crippen LogP contribution is -2.39. The van der Waals surface area contributed by atoms with Crippen molar-refractivity contribution >= 4 is 0 Å². The minimum atomic E-state index is -0.369. The monoisotopic (exact) mass is 174 g/mol. The maximum absolute atomic E-state index is 9.60. The van der Waals surface area contributed by atoms with E-state index < -0.39 is 0 Å². The predicted octanol–water partition coefficient (Wildman–Crippen LogP) is 0.401. The molecule has 1 saturated heterocycles. The summed E-state index contributed by atoms with van der Waals surface area (Å²) in [6, 6.07) is 0. The predicted molar refractivity (Wildman–Crippen MR) is 45.8 cm³/mol. The SMILES string of the molecule is CC(O)C(C)C1COCCC1O. The van der Waals surface area contributed by atoms with Crippen LogP contribution in [0.2, 0.25) is 0 Å². The Hall–Kier alpha value is -0.120. The van der Waals surface area contributed by atoms with Crippen LogP contribution in [-0.4, -0.2) is 35.6 Å². The van der Waals surface area contributed by atoms with Crippen LogP contribution in [0.4, 0.5) is 0 Å². The van der Waals surface area contributed by atoms with Gasteiger partial charge < -0.3 is 14.9 Å². The second-order valence-electron chi connectivity index (χ2n) is 3.69. The van der Waals surface area contributed by atoms with Crippen LogP contribution in [-0.2, 0) is 4.74 Å². The summed E-state index contributed by atoms with van der Waals surface area (Å²) in [6.45, 7) is 4.93. The molecule has 0 aromatic rings. The first-order chi connectivity index (χ1) is 5.63. The fourth-order valence-electron chi connectivity index (χ4n) is 1.61. The van der Waals surface area contributed by atoms with Crippen molar-refractivity contribution in [1.29, 1.82) is 0 Å². The molecule has 4 atom stereocenters. The lowest BCUT2D eigenvalue weighted by atomic mass is 9.84. The van der Waals surface area contributed by atoms with E-state index in [2.05, 4.69) is 0 Å². The molecule has 1 fully saturated rings. The minimum Gasteiger partial charge on any atom is -0.393 e. The third-order valence-corrected chi connectivity index (χ3v) is 2.80. The Labute approximate surface area is 73.4 Å². The molecule has 3 nitrogen and oxygen atoms in total. The van der Waals surface area contributed by atoms with Gasteiger partial charge in [0.05, 0.1) is 18.8 Å². The molecular formula is C9H18O3. The Bertz CT molecular complexity index is 136. The number of aliphatic hydroxyl groups is 2. The van der Waals surface area contributed by atoms with Crippen molar-refractivity contribution in [2.75, 3.05) is 13.2 Å². The number of rotatable bonds is 2. The topological polar surface area (TPSA) is 49.7 Å². The van der Waals surface area contributed by atoms with Gasteiger partial charge in [-0.05, 0) is 19.3 Å². The van der Waals surface area contributed by atoms with Gasteiger partial charge in [-0.25, -0.2) is 0 Å². The first-order valence-corrected chi connectivity index (χ1v) is 4.56. The Morgan fingerprint density at radius 3 is 2.58 bits per heavy atom. The lowest BCUT2D eigenvalue weighted by Gasteiger charge is -2.33. The van der Waals surface area contributed by atoms with Crippen LogP contribution in [0, 0.1) is 11.8 Å². The normalized spacial score (nSPS) is 36.0. The molecule has 1 aliphatic heterocycles. The lowest BCUT2D eigenvalue weighted by molar-refractivity contribution is -0.0744. The van der Waals surface area contributed by atoms with E-state index >= 15 is 0 Å². The molecule has 1 rings (SSSR count). The summed E-state index contributed by atoms with van der Waals surface area (Å²) in [5.41, 5.74) is 0. The van der Waals surface area contributed by atoms with Crippen LogP contribution in [0.15, 0.2) is 0 Å². The van der Waals surface area contributed by atoms with Gasteiger partial charge in [0.25, 0.3) is 0 Å². The van der Waals surface area contributed by atoms with E-state index in [1.54, 1.807) is 6.92 Å². The highest BCUT2D eigenvalue weighted by Crippen LogP contribution is 2.24. The highest BCUT2D eigenvalue weighted by Gasteiger charge is 2.30. The van der Waals surface area contributed by atoms with Gasteiger partial charge in [0.15, 0.2) is 0 Å². The Morgan fingerprint density at radius 1 is 1.42 bits per heavy atom. The molecule has 0 aromatic heterocycles. The number of hydrogen-bond acceptors (Lipinski definition) is 3. The molecule has 12 heavy (non-hydrogen) atoms. The maximum atomic E-state index is 9.60. The summed E-state index contributed by atoms with van der Waals surface area (Å²) in [7, 11) is 0. The van der Waals surface area contributed by atoms with E-state index in [1.165, 1.54) is 0 Å². The van der Waals surface area contributed by atoms with E-state index in [1.807, 2.05) is 6.92 Å². The van der Waals surface area contributed by atoms with Gasteiger partial charge in [-0.15, -0.1) is 0 Å². The molecule has 4 unspecified atom stereocenters. The van der Waals surface area contributed by atoms with Crippen molar-refractivity contribution in [3.8, 4) is 0 Å². The van der Waals surface area contributed by atoms with Crippen molar-refractivity contribution in [3.05, 3.63) is 0 Å². The highest BCUT2D eigenvalue weighted by atomic mass is 16.5. The third-order valence-electron chi connectivity index (χ3n) is 2.80. The Kier molecular flexibility index (Phi) is 3.50. The van der Waals surface area contributed by atoms with Crippen molar-refractivity contribution < 1.29 is 14.9 Å². The van der Waals surface area contributed by atoms with Gasteiger partial charge in [-0.1, -0.05) is 6.92 Å². The van der Waals surface area contributed by atoms with E-state index in [-0.39, 0.29) is 24.0 Å². The second kappa shape index (κ2) is 4.21. The summed E-state index contributed by atoms with van der Waals surface area (Å²) < 4.78 is 5.25. The molecule has 0 bridgehead atoms. The zero-order valence-electron chi connectivity index (χ0n) is 7.73. The van der Waals surface area contributed by atoms with Crippen LogP contribution in [0.3, 0.4) is 0 Å². The van der Waals surface area contributed by atoms with E-state index in [0.29, 0.717) is 19.6 Å². The molecule has 0 spiro atoms. The van der Waals surface area contributed by atoms with Crippen LogP contribution >= 0.6 is 0 Å². The van der Waals surface area contributed by atoms with E-state index in [9.17, 15) is 10.2 Å². The van der Waals surface area contributed by atoms with Crippen molar-refractivity contribution in [3.63, 3.8) is 0 Å². The Morgan fingerprint density at radius 2 is 2.08 bits per heavy atom. The quantitative estimate of drug-likeness (QED) is 0.637. The first-order valence-electron chi connectivity index (χ1n) is 4.56. The molecular weight excluding hydrogens is 156 g/mol. The van der Waals surface area contributed by atoms with E-state index in [0.717, 1.165) is 0 Å². The molecule has 2 N–H and O–H groups in total. The van der Waals surface area contributed by atoms with Gasteiger partial charge in [-0.2, -0.15) is 0 Å². The van der Waals surface area contributed by atoms with Gasteiger partial charge in [-0.3, -0.25) is 0 Å². The van der Waals surface area contributed by atoms with E-state index in [4.69, 9.17) is 4.74 Å². The molecule has 72 valence electrons. The second-order valence-corrected chi connectivity index (χ2v) is 3.69. The summed E-state index contributed by atoms with van der Waals surface area (Å²) in [5, 5.41) is 18.9. The van der Waals surface area contributed by atoms with Gasteiger partial charge in [0.1, 0.15) is 0 Å². The molecule has 0 saturated carbocycles. The maximum Gasteiger partial charge on any atom is 0.0615 e. The van der Waals surface area contributed by atoms with Crippen LogP contribution < -0.4 is 0 Å². The van der Waals surface area contributed by atoms with Crippen LogP contribution in [0.25, 0.3) is 0 Å². The van der Waals surface area contributed by atoms with Gasteiger partial charge in [0, 0.05) is 12.5 Å². The fourth-order valence-corrected chi connectivity index (χ4v) is 1.61. The van der Waals surface area contributed by atoms with Crippen LogP contribution in [0.1, 0.15) is 20.3 Å². The summed E-state index contributed by atoms with van der Waals surface area (Å²) >= 11 is 0. The van der Waals surface area contributed by atoms with Crippen molar-refractivity contribution in [2.24, 2.45) is 11.8 Å². The summed E-state index contributed by atoms with van der Waals surface area (Å²) in [5.74, 6) is 0.207. The zero-order chi connectivity index (χ0) is 9.14. The first kappa shape index (κ1) is 9.96. The standard InChI is InChI=1S/C9H18O3/c1-6(7(2)10)8-5-12-4-3-9(8)11/h6-11H,3-5H2,1-2H3. The summed E-state index contributed by atoms with van der Waals surface area (Å²) in [6.07, 6.45) is 0.0246. The molecule has 1 heterocycles. The average Bonchev–Trinajstić information content (AvgIpc) is 2.04. The smallest absolute Gasteiger partial charge is 0.0615 e. The van der Waals surface area contributed by atoms with Gasteiger partial charge >= 0.3 is 0 Å². The molecule has 0 radical (unpaired) electrons. The molecule has 1 aliphatic rings. The summed E-state index contributed by atoms with van der Waals surface area (Å²) in [4.78, 5) is 0. The fraction of sp³-hybridized carbons (Fsp3) is 1.00.